The fraction of sp³-hybridized carbons (Fsp3) is 0.417. The first-order valence-corrected chi connectivity index (χ1v) is 7.49. The Kier molecular flexibility index (Phi) is 5.73. The molecule has 0 fully saturated rings. The minimum atomic E-state index is -3.96. The number of benzene rings is 1. The van der Waals surface area contributed by atoms with Crippen LogP contribution in [0.15, 0.2) is 12.1 Å². The van der Waals surface area contributed by atoms with Gasteiger partial charge in [-0.15, -0.1) is 0 Å². The molecule has 0 aliphatic carbocycles. The van der Waals surface area contributed by atoms with Crippen molar-refractivity contribution in [1.29, 1.82) is 0 Å². The highest BCUT2D eigenvalue weighted by molar-refractivity contribution is 7.90. The second kappa shape index (κ2) is 6.90. The van der Waals surface area contributed by atoms with Gasteiger partial charge in [0.05, 0.1) is 18.3 Å². The molecule has 0 saturated heterocycles. The lowest BCUT2D eigenvalue weighted by Gasteiger charge is -2.11. The molecule has 1 N–H and O–H groups in total. The molecule has 0 bridgehead atoms. The third kappa shape index (κ3) is 5.35. The van der Waals surface area contributed by atoms with Gasteiger partial charge in [0.15, 0.2) is 11.6 Å². The molecule has 1 aromatic carbocycles. The Morgan fingerprint density at radius 1 is 1.24 bits per heavy atom. The van der Waals surface area contributed by atoms with Crippen molar-refractivity contribution in [2.24, 2.45) is 0 Å². The van der Waals surface area contributed by atoms with Gasteiger partial charge in [-0.1, -0.05) is 0 Å². The molecule has 0 radical (unpaired) electrons. The van der Waals surface area contributed by atoms with E-state index in [2.05, 4.69) is 0 Å². The number of nitrogens with one attached hydrogen (secondary N) is 1. The van der Waals surface area contributed by atoms with Crippen molar-refractivity contribution in [2.45, 2.75) is 19.4 Å². The molecule has 118 valence electrons. The number of methoxy groups -OCH3 is 1. The zero-order chi connectivity index (χ0) is 16.2. The summed E-state index contributed by atoms with van der Waals surface area (Å²) < 4.78 is 68.6. The summed E-state index contributed by atoms with van der Waals surface area (Å²) in [6.45, 7) is 1.48. The van der Waals surface area contributed by atoms with E-state index < -0.39 is 57.2 Å². The van der Waals surface area contributed by atoms with E-state index in [1.807, 2.05) is 0 Å². The molecule has 0 spiro atoms. The van der Waals surface area contributed by atoms with Gasteiger partial charge in [-0.3, -0.25) is 9.52 Å². The minimum absolute atomic E-state index is 0.291. The number of carbonyl (C=O) groups excluding carboxylic acids is 1. The summed E-state index contributed by atoms with van der Waals surface area (Å²) in [5.41, 5.74) is -0.443. The predicted octanol–water partition coefficient (Wildman–Crippen LogP) is 1.13. The number of halogens is 3. The van der Waals surface area contributed by atoms with Gasteiger partial charge in [0.25, 0.3) is 0 Å². The summed E-state index contributed by atoms with van der Waals surface area (Å²) in [6, 6.07) is 0.800. The Balaban J connectivity index is 2.77. The van der Waals surface area contributed by atoms with Crippen LogP contribution in [-0.2, 0) is 26.0 Å². The summed E-state index contributed by atoms with van der Waals surface area (Å²) >= 11 is 0. The molecule has 1 atom stereocenters. The highest BCUT2D eigenvalue weighted by Crippen LogP contribution is 2.14. The Labute approximate surface area is 120 Å². The highest BCUT2D eigenvalue weighted by atomic mass is 32.2. The van der Waals surface area contributed by atoms with Gasteiger partial charge in [0.1, 0.15) is 5.82 Å². The fourth-order valence-corrected chi connectivity index (χ4v) is 2.76. The Morgan fingerprint density at radius 2 is 1.81 bits per heavy atom. The van der Waals surface area contributed by atoms with Crippen LogP contribution in [-0.4, -0.2) is 33.3 Å². The first kappa shape index (κ1) is 17.4. The van der Waals surface area contributed by atoms with E-state index in [4.69, 9.17) is 4.74 Å². The van der Waals surface area contributed by atoms with Crippen LogP contribution in [0.4, 0.5) is 13.2 Å². The zero-order valence-corrected chi connectivity index (χ0v) is 12.1. The van der Waals surface area contributed by atoms with Crippen molar-refractivity contribution < 1.29 is 31.1 Å². The third-order valence-electron chi connectivity index (χ3n) is 2.57. The largest absolute Gasteiger partial charge is 0.381 e. The van der Waals surface area contributed by atoms with E-state index in [0.717, 1.165) is 0 Å². The quantitative estimate of drug-likeness (QED) is 0.796. The average molecular weight is 325 g/mol. The van der Waals surface area contributed by atoms with Crippen LogP contribution in [0.5, 0.6) is 0 Å². The number of hydrogen-bond acceptors (Lipinski definition) is 4. The second-order valence-electron chi connectivity index (χ2n) is 4.39. The van der Waals surface area contributed by atoms with Gasteiger partial charge in [-0.25, -0.2) is 21.6 Å². The molecule has 0 saturated carbocycles. The molecule has 0 unspecified atom stereocenters. The first-order valence-electron chi connectivity index (χ1n) is 5.84. The van der Waals surface area contributed by atoms with Crippen molar-refractivity contribution in [2.75, 3.05) is 12.9 Å². The molecule has 0 aromatic heterocycles. The number of amides is 1. The molecule has 5 nitrogen and oxygen atoms in total. The number of rotatable bonds is 6. The van der Waals surface area contributed by atoms with E-state index in [1.165, 1.54) is 14.0 Å². The summed E-state index contributed by atoms with van der Waals surface area (Å²) in [7, 11) is -2.65. The number of sulfonamides is 1. The lowest BCUT2D eigenvalue weighted by Crippen LogP contribution is -2.37. The number of hydrogen-bond donors (Lipinski definition) is 1. The van der Waals surface area contributed by atoms with E-state index in [-0.39, 0.29) is 0 Å². The van der Waals surface area contributed by atoms with E-state index in [1.54, 1.807) is 4.72 Å². The standard InChI is InChI=1S/C12H14F3NO4S/c1-7(20-2)6-21(18,19)16-12(17)4-8-3-10(14)11(15)5-9(8)13/h3,5,7H,4,6H2,1-2H3,(H,16,17)/t7-/m1/s1. The summed E-state index contributed by atoms with van der Waals surface area (Å²) in [4.78, 5) is 11.5. The minimum Gasteiger partial charge on any atom is -0.381 e. The SMILES string of the molecule is CO[C@H](C)CS(=O)(=O)NC(=O)Cc1cc(F)c(F)cc1F. The van der Waals surface area contributed by atoms with Crippen molar-refractivity contribution in [3.8, 4) is 0 Å². The first-order chi connectivity index (χ1) is 9.64. The normalized spacial score (nSPS) is 13.0. The van der Waals surface area contributed by atoms with Gasteiger partial charge < -0.3 is 4.74 Å². The van der Waals surface area contributed by atoms with E-state index >= 15 is 0 Å². The van der Waals surface area contributed by atoms with Gasteiger partial charge in [-0.05, 0) is 13.0 Å². The van der Waals surface area contributed by atoms with Crippen LogP contribution in [0.1, 0.15) is 12.5 Å². The lowest BCUT2D eigenvalue weighted by molar-refractivity contribution is -0.118. The number of carbonyl (C=O) groups is 1. The van der Waals surface area contributed by atoms with Crippen LogP contribution < -0.4 is 4.72 Å². The second-order valence-corrected chi connectivity index (χ2v) is 6.15. The lowest BCUT2D eigenvalue weighted by atomic mass is 10.1. The van der Waals surface area contributed by atoms with Gasteiger partial charge in [-0.2, -0.15) is 0 Å². The van der Waals surface area contributed by atoms with Crippen LogP contribution in [0.3, 0.4) is 0 Å². The summed E-state index contributed by atoms with van der Waals surface area (Å²) in [5.74, 6) is -5.36. The summed E-state index contributed by atoms with van der Waals surface area (Å²) in [5, 5.41) is 0. The monoisotopic (exact) mass is 325 g/mol. The molecule has 21 heavy (non-hydrogen) atoms. The smallest absolute Gasteiger partial charge is 0.237 e. The van der Waals surface area contributed by atoms with Crippen LogP contribution in [0, 0.1) is 17.5 Å². The van der Waals surface area contributed by atoms with E-state index in [9.17, 15) is 26.4 Å². The number of ether oxygens (including phenoxy) is 1. The summed E-state index contributed by atoms with van der Waals surface area (Å²) in [6.07, 6.45) is -1.38. The highest BCUT2D eigenvalue weighted by Gasteiger charge is 2.20. The van der Waals surface area contributed by atoms with Crippen LogP contribution >= 0.6 is 0 Å². The molecule has 1 amide bonds. The van der Waals surface area contributed by atoms with Gasteiger partial charge in [0, 0.05) is 18.7 Å². The maximum atomic E-state index is 13.3. The average Bonchev–Trinajstić information content (AvgIpc) is 2.34. The molecule has 1 rings (SSSR count). The Bertz CT molecular complexity index is 634. The van der Waals surface area contributed by atoms with Crippen molar-refractivity contribution >= 4 is 15.9 Å². The molecule has 9 heteroatoms. The van der Waals surface area contributed by atoms with Crippen molar-refractivity contribution in [3.05, 3.63) is 35.1 Å². The molecular formula is C12H14F3NO4S. The Morgan fingerprint density at radius 3 is 2.38 bits per heavy atom. The molecular weight excluding hydrogens is 311 g/mol. The van der Waals surface area contributed by atoms with Crippen LogP contribution in [0.2, 0.25) is 0 Å². The molecule has 0 heterocycles. The molecule has 0 aliphatic heterocycles. The maximum absolute atomic E-state index is 13.3. The topological polar surface area (TPSA) is 72.5 Å². The predicted molar refractivity (Wildman–Crippen MR) is 68.4 cm³/mol. The molecule has 0 aliphatic rings. The third-order valence-corrected chi connectivity index (χ3v) is 4.01. The Hall–Kier alpha value is -1.61. The molecule has 1 aromatic rings. The van der Waals surface area contributed by atoms with Gasteiger partial charge in [0.2, 0.25) is 15.9 Å². The van der Waals surface area contributed by atoms with Crippen molar-refractivity contribution in [1.82, 2.24) is 4.72 Å². The van der Waals surface area contributed by atoms with E-state index in [0.29, 0.717) is 12.1 Å². The van der Waals surface area contributed by atoms with Gasteiger partial charge >= 0.3 is 0 Å². The fourth-order valence-electron chi connectivity index (χ4n) is 1.50. The maximum Gasteiger partial charge on any atom is 0.237 e. The van der Waals surface area contributed by atoms with Crippen LogP contribution in [0.25, 0.3) is 0 Å². The zero-order valence-electron chi connectivity index (χ0n) is 11.3. The van der Waals surface area contributed by atoms with Crippen molar-refractivity contribution in [3.63, 3.8) is 0 Å².